The minimum Gasteiger partial charge on any atom is -0.353 e. The first-order valence-electron chi connectivity index (χ1n) is 10.9. The van der Waals surface area contributed by atoms with E-state index >= 15 is 0 Å². The smallest absolute Gasteiger partial charge is 0.261 e. The molecule has 1 saturated heterocycles. The number of piperidine rings is 1. The standard InChI is InChI=1S/C24H30ClN3O3S/c1-19-13-17-28(18-14-19)16-4-15-26-24(29)12-9-20-7-10-21(11-8-20)32(30,31)27-23-6-3-2-5-22(23)25/h2-3,5-12,19,27H,4,13-18H2,1H3,(H,26,29)/b12-9+. The lowest BCUT2D eigenvalue weighted by atomic mass is 9.99. The minimum atomic E-state index is -3.75. The Morgan fingerprint density at radius 3 is 2.50 bits per heavy atom. The van der Waals surface area contributed by atoms with Crippen molar-refractivity contribution in [2.24, 2.45) is 5.92 Å². The lowest BCUT2D eigenvalue weighted by Crippen LogP contribution is -2.35. The third-order valence-corrected chi connectivity index (χ3v) is 7.27. The number of sulfonamides is 1. The first kappa shape index (κ1) is 24.3. The summed E-state index contributed by atoms with van der Waals surface area (Å²) in [5, 5.41) is 3.22. The number of anilines is 1. The van der Waals surface area contributed by atoms with Gasteiger partial charge in [-0.1, -0.05) is 42.8 Å². The topological polar surface area (TPSA) is 78.5 Å². The minimum absolute atomic E-state index is 0.117. The molecule has 0 aromatic heterocycles. The molecule has 0 atom stereocenters. The van der Waals surface area contributed by atoms with Crippen molar-refractivity contribution in [1.29, 1.82) is 0 Å². The van der Waals surface area contributed by atoms with Crippen LogP contribution in [0.1, 0.15) is 31.7 Å². The molecule has 2 N–H and O–H groups in total. The molecular weight excluding hydrogens is 446 g/mol. The van der Waals surface area contributed by atoms with Gasteiger partial charge in [0, 0.05) is 12.6 Å². The van der Waals surface area contributed by atoms with E-state index in [4.69, 9.17) is 11.6 Å². The van der Waals surface area contributed by atoms with E-state index in [1.54, 1.807) is 42.5 Å². The number of rotatable bonds is 9. The van der Waals surface area contributed by atoms with Crippen LogP contribution in [-0.4, -0.2) is 45.4 Å². The molecular formula is C24H30ClN3O3S. The lowest BCUT2D eigenvalue weighted by Gasteiger charge is -2.30. The summed E-state index contributed by atoms with van der Waals surface area (Å²) in [6.07, 6.45) is 6.57. The molecule has 0 bridgehead atoms. The molecule has 1 heterocycles. The van der Waals surface area contributed by atoms with Crippen LogP contribution in [0.4, 0.5) is 5.69 Å². The number of amides is 1. The lowest BCUT2D eigenvalue weighted by molar-refractivity contribution is -0.116. The molecule has 1 fully saturated rings. The number of carbonyl (C=O) groups is 1. The maximum atomic E-state index is 12.6. The number of likely N-dealkylation sites (tertiary alicyclic amines) is 1. The highest BCUT2D eigenvalue weighted by Crippen LogP contribution is 2.24. The third-order valence-electron chi connectivity index (χ3n) is 5.56. The summed E-state index contributed by atoms with van der Waals surface area (Å²) >= 11 is 6.03. The molecule has 2 aromatic carbocycles. The fraction of sp³-hybridized carbons (Fsp3) is 0.375. The second-order valence-electron chi connectivity index (χ2n) is 8.16. The molecule has 1 aliphatic rings. The van der Waals surface area contributed by atoms with Gasteiger partial charge in [-0.05, 0) is 80.7 Å². The summed E-state index contributed by atoms with van der Waals surface area (Å²) in [6.45, 7) is 6.24. The largest absolute Gasteiger partial charge is 0.353 e. The normalized spacial score (nSPS) is 15.7. The second kappa shape index (κ2) is 11.5. The van der Waals surface area contributed by atoms with E-state index in [1.165, 1.54) is 31.1 Å². The fourth-order valence-electron chi connectivity index (χ4n) is 3.54. The highest BCUT2D eigenvalue weighted by atomic mass is 35.5. The maximum Gasteiger partial charge on any atom is 0.261 e. The van der Waals surface area contributed by atoms with Crippen molar-refractivity contribution in [2.45, 2.75) is 31.1 Å². The van der Waals surface area contributed by atoms with Crippen molar-refractivity contribution in [3.8, 4) is 0 Å². The maximum absolute atomic E-state index is 12.6. The molecule has 2 aromatic rings. The molecule has 0 radical (unpaired) electrons. The van der Waals surface area contributed by atoms with Gasteiger partial charge in [0.15, 0.2) is 0 Å². The molecule has 172 valence electrons. The van der Waals surface area contributed by atoms with Gasteiger partial charge in [0.2, 0.25) is 5.91 Å². The zero-order chi connectivity index (χ0) is 23.0. The van der Waals surface area contributed by atoms with Gasteiger partial charge in [-0.25, -0.2) is 8.42 Å². The van der Waals surface area contributed by atoms with E-state index in [0.29, 0.717) is 17.3 Å². The average Bonchev–Trinajstić information content (AvgIpc) is 2.78. The van der Waals surface area contributed by atoms with Crippen molar-refractivity contribution in [1.82, 2.24) is 10.2 Å². The van der Waals surface area contributed by atoms with Gasteiger partial charge in [-0.15, -0.1) is 0 Å². The van der Waals surface area contributed by atoms with Crippen LogP contribution < -0.4 is 10.0 Å². The van der Waals surface area contributed by atoms with Crippen molar-refractivity contribution in [2.75, 3.05) is 30.9 Å². The summed E-state index contributed by atoms with van der Waals surface area (Å²) < 4.78 is 27.6. The van der Waals surface area contributed by atoms with E-state index < -0.39 is 10.0 Å². The van der Waals surface area contributed by atoms with Gasteiger partial charge in [-0.3, -0.25) is 9.52 Å². The van der Waals surface area contributed by atoms with Crippen molar-refractivity contribution < 1.29 is 13.2 Å². The second-order valence-corrected chi connectivity index (χ2v) is 10.2. The Morgan fingerprint density at radius 1 is 1.12 bits per heavy atom. The number of hydrogen-bond acceptors (Lipinski definition) is 4. The molecule has 32 heavy (non-hydrogen) atoms. The molecule has 1 aliphatic heterocycles. The van der Waals surface area contributed by atoms with Crippen LogP contribution in [0, 0.1) is 5.92 Å². The highest BCUT2D eigenvalue weighted by molar-refractivity contribution is 7.92. The Balaban J connectivity index is 1.45. The van der Waals surface area contributed by atoms with Gasteiger partial charge < -0.3 is 10.2 Å². The van der Waals surface area contributed by atoms with Gasteiger partial charge in [0.25, 0.3) is 10.0 Å². The third kappa shape index (κ3) is 7.36. The summed E-state index contributed by atoms with van der Waals surface area (Å²) in [4.78, 5) is 14.6. The van der Waals surface area contributed by atoms with E-state index in [2.05, 4.69) is 21.9 Å². The van der Waals surface area contributed by atoms with Crippen molar-refractivity contribution in [3.05, 3.63) is 65.2 Å². The molecule has 0 unspecified atom stereocenters. The number of para-hydroxylation sites is 1. The zero-order valence-electron chi connectivity index (χ0n) is 18.3. The molecule has 1 amide bonds. The first-order valence-corrected chi connectivity index (χ1v) is 12.8. The predicted octanol–water partition coefficient (Wildman–Crippen LogP) is 4.39. The first-order chi connectivity index (χ1) is 15.3. The highest BCUT2D eigenvalue weighted by Gasteiger charge is 2.16. The number of benzene rings is 2. The van der Waals surface area contributed by atoms with Crippen LogP contribution in [-0.2, 0) is 14.8 Å². The van der Waals surface area contributed by atoms with Crippen LogP contribution in [0.2, 0.25) is 5.02 Å². The number of hydrogen-bond donors (Lipinski definition) is 2. The van der Waals surface area contributed by atoms with Gasteiger partial charge >= 0.3 is 0 Å². The van der Waals surface area contributed by atoms with E-state index in [0.717, 1.165) is 37.5 Å². The van der Waals surface area contributed by atoms with Crippen molar-refractivity contribution in [3.63, 3.8) is 0 Å². The molecule has 0 aliphatic carbocycles. The molecule has 3 rings (SSSR count). The molecule has 0 saturated carbocycles. The predicted molar refractivity (Wildman–Crippen MR) is 130 cm³/mol. The van der Waals surface area contributed by atoms with E-state index in [1.807, 2.05) is 0 Å². The van der Waals surface area contributed by atoms with Crippen LogP contribution in [0.5, 0.6) is 0 Å². The fourth-order valence-corrected chi connectivity index (χ4v) is 4.86. The SMILES string of the molecule is CC1CCN(CCCNC(=O)/C=C/c2ccc(S(=O)(=O)Nc3ccccc3Cl)cc2)CC1. The summed E-state index contributed by atoms with van der Waals surface area (Å²) in [7, 11) is -3.75. The Labute approximate surface area is 195 Å². The van der Waals surface area contributed by atoms with Crippen molar-refractivity contribution >= 4 is 39.3 Å². The molecule has 6 nitrogen and oxygen atoms in total. The van der Waals surface area contributed by atoms with Crippen LogP contribution in [0.25, 0.3) is 6.08 Å². The van der Waals surface area contributed by atoms with Gasteiger partial charge in [-0.2, -0.15) is 0 Å². The summed E-state index contributed by atoms with van der Waals surface area (Å²) in [5.74, 6) is 0.665. The van der Waals surface area contributed by atoms with Crippen LogP contribution in [0.15, 0.2) is 59.5 Å². The van der Waals surface area contributed by atoms with Gasteiger partial charge in [0.05, 0.1) is 15.6 Å². The monoisotopic (exact) mass is 475 g/mol. The van der Waals surface area contributed by atoms with E-state index in [9.17, 15) is 13.2 Å². The number of nitrogens with zero attached hydrogens (tertiary/aromatic N) is 1. The molecule has 0 spiro atoms. The zero-order valence-corrected chi connectivity index (χ0v) is 19.8. The number of carbonyl (C=O) groups excluding carboxylic acids is 1. The average molecular weight is 476 g/mol. The number of halogens is 1. The van der Waals surface area contributed by atoms with E-state index in [-0.39, 0.29) is 10.8 Å². The summed E-state index contributed by atoms with van der Waals surface area (Å²) in [6, 6.07) is 13.0. The Hall–Kier alpha value is -2.35. The Bertz CT molecular complexity index is 1030. The quantitative estimate of drug-likeness (QED) is 0.416. The Kier molecular flexibility index (Phi) is 8.73. The van der Waals surface area contributed by atoms with Gasteiger partial charge in [0.1, 0.15) is 0 Å². The summed E-state index contributed by atoms with van der Waals surface area (Å²) in [5.41, 5.74) is 1.06. The molecule has 8 heteroatoms. The Morgan fingerprint density at radius 2 is 1.81 bits per heavy atom. The van der Waals surface area contributed by atoms with Crippen LogP contribution >= 0.6 is 11.6 Å². The van der Waals surface area contributed by atoms with Crippen LogP contribution in [0.3, 0.4) is 0 Å². The number of nitrogens with one attached hydrogen (secondary N) is 2.